The van der Waals surface area contributed by atoms with Gasteiger partial charge in [-0.05, 0) is 99.1 Å². The van der Waals surface area contributed by atoms with Gasteiger partial charge in [-0.3, -0.25) is 0 Å². The number of fused-ring (bicyclic) bond motifs is 6. The Labute approximate surface area is 325 Å². The summed E-state index contributed by atoms with van der Waals surface area (Å²) in [7, 11) is 0. The highest BCUT2D eigenvalue weighted by molar-refractivity contribution is 6.16. The fraction of sp³-hybridized carbons (Fsp3) is 0. The Balaban J connectivity index is 1.19. The number of para-hydroxylation sites is 3. The molecular formula is C54H36N2. The Kier molecular flexibility index (Phi) is 7.53. The first-order valence-electron chi connectivity index (χ1n) is 19.3. The highest BCUT2D eigenvalue weighted by Gasteiger charge is 2.21. The predicted molar refractivity (Wildman–Crippen MR) is 237 cm³/mol. The van der Waals surface area contributed by atoms with Gasteiger partial charge in [-0.2, -0.15) is 0 Å². The minimum atomic E-state index is 1.12. The molecule has 9 aromatic carbocycles. The van der Waals surface area contributed by atoms with E-state index in [9.17, 15) is 0 Å². The van der Waals surface area contributed by atoms with Crippen molar-refractivity contribution in [3.63, 3.8) is 0 Å². The molecule has 0 aliphatic heterocycles. The second kappa shape index (κ2) is 13.2. The van der Waals surface area contributed by atoms with Gasteiger partial charge in [0, 0.05) is 27.2 Å². The third kappa shape index (κ3) is 5.11. The van der Waals surface area contributed by atoms with E-state index in [-0.39, 0.29) is 0 Å². The summed E-state index contributed by atoms with van der Waals surface area (Å²) in [6.45, 7) is 0. The van der Waals surface area contributed by atoms with Crippen LogP contribution in [0, 0.1) is 0 Å². The molecule has 0 saturated carbocycles. The lowest BCUT2D eigenvalue weighted by atomic mass is 9.84. The topological polar surface area (TPSA) is 9.86 Å². The summed E-state index contributed by atoms with van der Waals surface area (Å²) in [5.41, 5.74) is 16.7. The zero-order valence-corrected chi connectivity index (χ0v) is 30.7. The summed E-state index contributed by atoms with van der Waals surface area (Å²) in [6, 6.07) is 79.4. The monoisotopic (exact) mass is 712 g/mol. The lowest BCUT2D eigenvalue weighted by molar-refractivity contribution is 1.17. The Morgan fingerprint density at radius 2 is 0.714 bits per heavy atom. The van der Waals surface area contributed by atoms with Gasteiger partial charge in [0.1, 0.15) is 0 Å². The zero-order chi connectivity index (χ0) is 37.0. The first kappa shape index (κ1) is 32.0. The van der Waals surface area contributed by atoms with Crippen LogP contribution in [-0.4, -0.2) is 9.13 Å². The first-order chi connectivity index (χ1) is 27.8. The lowest BCUT2D eigenvalue weighted by Crippen LogP contribution is -1.98. The van der Waals surface area contributed by atoms with E-state index in [1.54, 1.807) is 0 Å². The maximum atomic E-state index is 2.45. The van der Waals surface area contributed by atoms with Crippen LogP contribution in [0.25, 0.3) is 99.5 Å². The number of nitrogens with zero attached hydrogens (tertiary/aromatic N) is 2. The SMILES string of the molecule is c1ccc(-c2cc(-c3ccccc3)c(-c3cccc(-n4c5ccccc5c5c(-n6c7ccccc7c7ccccc76)cccc54)c3)c(-c3ccccc3)c2)cc1. The second-order valence-corrected chi connectivity index (χ2v) is 14.5. The number of benzene rings is 9. The van der Waals surface area contributed by atoms with Crippen molar-refractivity contribution >= 4 is 43.6 Å². The summed E-state index contributed by atoms with van der Waals surface area (Å²) in [5, 5.41) is 4.99. The van der Waals surface area contributed by atoms with E-state index < -0.39 is 0 Å². The van der Waals surface area contributed by atoms with Crippen molar-refractivity contribution in [2.24, 2.45) is 0 Å². The largest absolute Gasteiger partial charge is 0.309 e. The van der Waals surface area contributed by atoms with Gasteiger partial charge in [0.15, 0.2) is 0 Å². The fourth-order valence-electron chi connectivity index (χ4n) is 8.89. The Morgan fingerprint density at radius 1 is 0.268 bits per heavy atom. The average molecular weight is 713 g/mol. The van der Waals surface area contributed by atoms with Gasteiger partial charge in [0.2, 0.25) is 0 Å². The van der Waals surface area contributed by atoms with E-state index in [0.717, 1.165) is 5.69 Å². The predicted octanol–water partition coefficient (Wildman–Crippen LogP) is 14.5. The van der Waals surface area contributed by atoms with E-state index >= 15 is 0 Å². The van der Waals surface area contributed by atoms with Crippen LogP contribution in [0.15, 0.2) is 218 Å². The lowest BCUT2D eigenvalue weighted by Gasteiger charge is -2.20. The Hall–Kier alpha value is -7.42. The van der Waals surface area contributed by atoms with Crippen molar-refractivity contribution in [1.82, 2.24) is 9.13 Å². The molecule has 2 heteroatoms. The van der Waals surface area contributed by atoms with Crippen molar-refractivity contribution in [2.45, 2.75) is 0 Å². The van der Waals surface area contributed by atoms with Crippen LogP contribution in [-0.2, 0) is 0 Å². The molecule has 2 heterocycles. The van der Waals surface area contributed by atoms with E-state index in [0.29, 0.717) is 0 Å². The Morgan fingerprint density at radius 3 is 1.30 bits per heavy atom. The molecule has 2 nitrogen and oxygen atoms in total. The molecule has 0 spiro atoms. The molecule has 262 valence electrons. The van der Waals surface area contributed by atoms with Gasteiger partial charge in [-0.1, -0.05) is 164 Å². The van der Waals surface area contributed by atoms with Crippen LogP contribution < -0.4 is 0 Å². The minimum absolute atomic E-state index is 1.12. The van der Waals surface area contributed by atoms with E-state index in [4.69, 9.17) is 0 Å². The molecule has 0 aliphatic rings. The van der Waals surface area contributed by atoms with Crippen LogP contribution >= 0.6 is 0 Å². The summed E-state index contributed by atoms with van der Waals surface area (Å²) in [6.07, 6.45) is 0. The van der Waals surface area contributed by atoms with E-state index in [2.05, 4.69) is 228 Å². The molecule has 11 aromatic rings. The van der Waals surface area contributed by atoms with Gasteiger partial charge < -0.3 is 9.13 Å². The summed E-state index contributed by atoms with van der Waals surface area (Å²) >= 11 is 0. The molecule has 11 rings (SSSR count). The normalized spacial score (nSPS) is 11.6. The average Bonchev–Trinajstić information content (AvgIpc) is 3.80. The van der Waals surface area contributed by atoms with Crippen molar-refractivity contribution < 1.29 is 0 Å². The number of hydrogen-bond acceptors (Lipinski definition) is 0. The summed E-state index contributed by atoms with van der Waals surface area (Å²) in [5.74, 6) is 0. The maximum Gasteiger partial charge on any atom is 0.0562 e. The molecule has 2 aromatic heterocycles. The number of rotatable bonds is 6. The second-order valence-electron chi connectivity index (χ2n) is 14.5. The molecular weight excluding hydrogens is 677 g/mol. The van der Waals surface area contributed by atoms with Crippen molar-refractivity contribution in [3.05, 3.63) is 218 Å². The van der Waals surface area contributed by atoms with Gasteiger partial charge in [-0.25, -0.2) is 0 Å². The molecule has 0 amide bonds. The highest BCUT2D eigenvalue weighted by Crippen LogP contribution is 2.45. The fourth-order valence-corrected chi connectivity index (χ4v) is 8.89. The molecule has 0 radical (unpaired) electrons. The number of aromatic nitrogens is 2. The summed E-state index contributed by atoms with van der Waals surface area (Å²) < 4.78 is 4.90. The van der Waals surface area contributed by atoms with E-state index in [1.807, 2.05) is 0 Å². The molecule has 0 bridgehead atoms. The van der Waals surface area contributed by atoms with Crippen LogP contribution in [0.2, 0.25) is 0 Å². The van der Waals surface area contributed by atoms with Crippen LogP contribution in [0.3, 0.4) is 0 Å². The highest BCUT2D eigenvalue weighted by atomic mass is 15.0. The summed E-state index contributed by atoms with van der Waals surface area (Å²) in [4.78, 5) is 0. The molecule has 0 aliphatic carbocycles. The third-order valence-electron chi connectivity index (χ3n) is 11.3. The van der Waals surface area contributed by atoms with Gasteiger partial charge in [0.05, 0.1) is 27.8 Å². The van der Waals surface area contributed by atoms with Crippen LogP contribution in [0.4, 0.5) is 0 Å². The minimum Gasteiger partial charge on any atom is -0.309 e. The standard InChI is InChI=1S/C54H36N2/c1-4-18-37(19-5-1)41-35-46(38-20-6-2-7-21-38)53(47(36-41)39-22-8-3-9-23-39)40-24-16-25-42(34-40)55-50-31-15-12-28-45(50)54-51(55)32-17-33-52(54)56-48-29-13-10-26-43(48)44-27-11-14-30-49(44)56/h1-36H. The van der Waals surface area contributed by atoms with Gasteiger partial charge >= 0.3 is 0 Å². The molecule has 0 fully saturated rings. The molecule has 0 atom stereocenters. The maximum absolute atomic E-state index is 2.45. The van der Waals surface area contributed by atoms with Crippen molar-refractivity contribution in [2.75, 3.05) is 0 Å². The smallest absolute Gasteiger partial charge is 0.0562 e. The van der Waals surface area contributed by atoms with Crippen molar-refractivity contribution in [3.8, 4) is 55.9 Å². The molecule has 56 heavy (non-hydrogen) atoms. The van der Waals surface area contributed by atoms with Gasteiger partial charge in [-0.15, -0.1) is 0 Å². The van der Waals surface area contributed by atoms with Crippen LogP contribution in [0.5, 0.6) is 0 Å². The zero-order valence-electron chi connectivity index (χ0n) is 30.7. The van der Waals surface area contributed by atoms with Gasteiger partial charge in [0.25, 0.3) is 0 Å². The quantitative estimate of drug-likeness (QED) is 0.162. The molecule has 0 saturated heterocycles. The first-order valence-corrected chi connectivity index (χ1v) is 19.3. The third-order valence-corrected chi connectivity index (χ3v) is 11.3. The van der Waals surface area contributed by atoms with Crippen molar-refractivity contribution in [1.29, 1.82) is 0 Å². The van der Waals surface area contributed by atoms with Crippen LogP contribution in [0.1, 0.15) is 0 Å². The Bertz CT molecular complexity index is 3110. The number of hydrogen-bond donors (Lipinski definition) is 0. The molecule has 0 unspecified atom stereocenters. The molecule has 0 N–H and O–H groups in total. The van der Waals surface area contributed by atoms with E-state index in [1.165, 1.54) is 93.8 Å².